The van der Waals surface area contributed by atoms with Gasteiger partial charge in [0, 0.05) is 24.7 Å². The lowest BCUT2D eigenvalue weighted by molar-refractivity contribution is 0.186. The van der Waals surface area contributed by atoms with Crippen LogP contribution in [0.15, 0.2) is 22.7 Å². The Morgan fingerprint density at radius 1 is 1.38 bits per heavy atom. The van der Waals surface area contributed by atoms with Crippen molar-refractivity contribution in [2.45, 2.75) is 25.7 Å². The van der Waals surface area contributed by atoms with Crippen molar-refractivity contribution >= 4 is 15.9 Å². The fraction of sp³-hybridized carbons (Fsp3) is 0.647. The maximum atomic E-state index is 13.5. The monoisotopic (exact) mass is 355 g/mol. The SMILES string of the molecule is COCCNCC1(Cc2cc(F)ccc2Br)CC2CC2C1. The highest BCUT2D eigenvalue weighted by atomic mass is 79.9. The third kappa shape index (κ3) is 3.66. The van der Waals surface area contributed by atoms with Crippen molar-refractivity contribution in [1.29, 1.82) is 0 Å². The lowest BCUT2D eigenvalue weighted by atomic mass is 9.77. The molecule has 0 aliphatic heterocycles. The van der Waals surface area contributed by atoms with Crippen molar-refractivity contribution in [1.82, 2.24) is 5.32 Å². The first-order valence-electron chi connectivity index (χ1n) is 7.75. The largest absolute Gasteiger partial charge is 0.383 e. The molecule has 0 aromatic heterocycles. The zero-order valence-electron chi connectivity index (χ0n) is 12.5. The van der Waals surface area contributed by atoms with Gasteiger partial charge in [0.2, 0.25) is 0 Å². The molecule has 0 bridgehead atoms. The van der Waals surface area contributed by atoms with E-state index in [0.29, 0.717) is 0 Å². The summed E-state index contributed by atoms with van der Waals surface area (Å²) >= 11 is 3.57. The van der Waals surface area contributed by atoms with E-state index < -0.39 is 0 Å². The first-order chi connectivity index (χ1) is 10.1. The van der Waals surface area contributed by atoms with Crippen molar-refractivity contribution in [3.8, 4) is 0 Å². The normalized spacial score (nSPS) is 30.4. The maximum Gasteiger partial charge on any atom is 0.123 e. The van der Waals surface area contributed by atoms with Gasteiger partial charge in [0.15, 0.2) is 0 Å². The van der Waals surface area contributed by atoms with Crippen LogP contribution in [0.2, 0.25) is 0 Å². The van der Waals surface area contributed by atoms with Gasteiger partial charge in [-0.3, -0.25) is 0 Å². The second-order valence-electron chi connectivity index (χ2n) is 6.75. The molecule has 0 amide bonds. The number of nitrogens with one attached hydrogen (secondary N) is 1. The van der Waals surface area contributed by atoms with Crippen molar-refractivity contribution in [3.05, 3.63) is 34.1 Å². The molecule has 2 atom stereocenters. The first kappa shape index (κ1) is 15.4. The molecule has 4 heteroatoms. The summed E-state index contributed by atoms with van der Waals surface area (Å²) in [5.41, 5.74) is 1.39. The van der Waals surface area contributed by atoms with E-state index in [-0.39, 0.29) is 11.2 Å². The molecule has 1 N–H and O–H groups in total. The molecule has 0 saturated heterocycles. The minimum Gasteiger partial charge on any atom is -0.383 e. The summed E-state index contributed by atoms with van der Waals surface area (Å²) in [5.74, 6) is 1.70. The molecular formula is C17H23BrFNO. The van der Waals surface area contributed by atoms with Gasteiger partial charge in [0.25, 0.3) is 0 Å². The molecule has 2 nitrogen and oxygen atoms in total. The van der Waals surface area contributed by atoms with Crippen molar-refractivity contribution in [2.24, 2.45) is 17.3 Å². The number of rotatable bonds is 7. The van der Waals surface area contributed by atoms with Crippen molar-refractivity contribution < 1.29 is 9.13 Å². The Kier molecular flexibility index (Phi) is 4.67. The van der Waals surface area contributed by atoms with Crippen molar-refractivity contribution in [3.63, 3.8) is 0 Å². The second-order valence-corrected chi connectivity index (χ2v) is 7.60. The average molecular weight is 356 g/mol. The summed E-state index contributed by atoms with van der Waals surface area (Å²) in [5, 5.41) is 3.53. The Hall–Kier alpha value is -0.450. The fourth-order valence-corrected chi connectivity index (χ4v) is 4.35. The molecule has 2 aliphatic rings. The molecule has 1 aromatic carbocycles. The minimum absolute atomic E-state index is 0.140. The summed E-state index contributed by atoms with van der Waals surface area (Å²) in [4.78, 5) is 0. The van der Waals surface area contributed by atoms with Gasteiger partial charge in [0.1, 0.15) is 5.82 Å². The molecule has 21 heavy (non-hydrogen) atoms. The number of benzene rings is 1. The lowest BCUT2D eigenvalue weighted by Gasteiger charge is -2.32. The van der Waals surface area contributed by atoms with Crippen LogP contribution >= 0.6 is 15.9 Å². The Morgan fingerprint density at radius 2 is 2.14 bits per heavy atom. The third-order valence-electron chi connectivity index (χ3n) is 5.02. The fourth-order valence-electron chi connectivity index (χ4n) is 3.97. The maximum absolute atomic E-state index is 13.5. The van der Waals surface area contributed by atoms with Crippen LogP contribution in [0.3, 0.4) is 0 Å². The summed E-state index contributed by atoms with van der Waals surface area (Å²) in [6.07, 6.45) is 4.92. The molecule has 3 rings (SSSR count). The predicted molar refractivity (Wildman–Crippen MR) is 85.8 cm³/mol. The van der Waals surface area contributed by atoms with Crippen molar-refractivity contribution in [2.75, 3.05) is 26.8 Å². The summed E-state index contributed by atoms with van der Waals surface area (Å²) < 4.78 is 19.7. The molecule has 116 valence electrons. The second kappa shape index (κ2) is 6.35. The predicted octanol–water partition coefficient (Wildman–Crippen LogP) is 3.78. The molecule has 0 radical (unpaired) electrons. The van der Waals surface area contributed by atoms with Gasteiger partial charge in [0.05, 0.1) is 6.61 Å². The molecule has 2 fully saturated rings. The Morgan fingerprint density at radius 3 is 2.86 bits per heavy atom. The van der Waals surface area contributed by atoms with E-state index >= 15 is 0 Å². The first-order valence-corrected chi connectivity index (χ1v) is 8.55. The Bertz CT molecular complexity index is 498. The van der Waals surface area contributed by atoms with E-state index in [1.165, 1.54) is 25.3 Å². The van der Waals surface area contributed by atoms with Gasteiger partial charge in [-0.15, -0.1) is 0 Å². The van der Waals surface area contributed by atoms with E-state index in [4.69, 9.17) is 4.74 Å². The number of ether oxygens (including phenoxy) is 1. The topological polar surface area (TPSA) is 21.3 Å². The quantitative estimate of drug-likeness (QED) is 0.751. The van der Waals surface area contributed by atoms with Crippen LogP contribution in [0.5, 0.6) is 0 Å². The highest BCUT2D eigenvalue weighted by molar-refractivity contribution is 9.10. The standard InChI is InChI=1S/C17H23BrFNO/c1-21-5-4-20-11-17(8-12-6-13(12)9-17)10-14-7-15(19)2-3-16(14)18/h2-3,7,12-13,20H,4-6,8-11H2,1H3. The number of halogens is 2. The number of hydrogen-bond donors (Lipinski definition) is 1. The van der Waals surface area contributed by atoms with Gasteiger partial charge < -0.3 is 10.1 Å². The highest BCUT2D eigenvalue weighted by Crippen LogP contribution is 2.60. The Balaban J connectivity index is 1.69. The van der Waals surface area contributed by atoms with Crippen LogP contribution < -0.4 is 5.32 Å². The molecule has 0 spiro atoms. The molecule has 2 unspecified atom stereocenters. The van der Waals surface area contributed by atoms with Crippen LogP contribution in [0.25, 0.3) is 0 Å². The van der Waals surface area contributed by atoms with Gasteiger partial charge >= 0.3 is 0 Å². The molecule has 1 aromatic rings. The average Bonchev–Trinajstić information content (AvgIpc) is 3.07. The zero-order chi connectivity index (χ0) is 14.9. The van der Waals surface area contributed by atoms with E-state index in [2.05, 4.69) is 21.2 Å². The van der Waals surface area contributed by atoms with Gasteiger partial charge in [-0.25, -0.2) is 4.39 Å². The van der Waals surface area contributed by atoms with Gasteiger partial charge in [-0.1, -0.05) is 15.9 Å². The molecule has 2 aliphatic carbocycles. The summed E-state index contributed by atoms with van der Waals surface area (Å²) in [6, 6.07) is 5.03. The highest BCUT2D eigenvalue weighted by Gasteiger charge is 2.53. The minimum atomic E-state index is -0.140. The zero-order valence-corrected chi connectivity index (χ0v) is 14.1. The number of methoxy groups -OCH3 is 1. The smallest absolute Gasteiger partial charge is 0.123 e. The van der Waals surface area contributed by atoms with Gasteiger partial charge in [-0.05, 0) is 66.7 Å². The van der Waals surface area contributed by atoms with E-state index in [0.717, 1.165) is 48.0 Å². The Labute approximate surface area is 134 Å². The van der Waals surface area contributed by atoms with Crippen LogP contribution in [0, 0.1) is 23.1 Å². The third-order valence-corrected chi connectivity index (χ3v) is 5.79. The number of fused-ring (bicyclic) bond motifs is 1. The van der Waals surface area contributed by atoms with E-state index in [9.17, 15) is 4.39 Å². The summed E-state index contributed by atoms with van der Waals surface area (Å²) in [6.45, 7) is 2.64. The van der Waals surface area contributed by atoms with Crippen LogP contribution in [-0.4, -0.2) is 26.8 Å². The summed E-state index contributed by atoms with van der Waals surface area (Å²) in [7, 11) is 1.73. The van der Waals surface area contributed by atoms with Crippen LogP contribution in [0.1, 0.15) is 24.8 Å². The lowest BCUT2D eigenvalue weighted by Crippen LogP contribution is -2.36. The van der Waals surface area contributed by atoms with Gasteiger partial charge in [-0.2, -0.15) is 0 Å². The molecule has 2 saturated carbocycles. The molecule has 0 heterocycles. The van der Waals surface area contributed by atoms with E-state index in [1.807, 2.05) is 6.07 Å². The van der Waals surface area contributed by atoms with Crippen LogP contribution in [0.4, 0.5) is 4.39 Å². The van der Waals surface area contributed by atoms with Crippen LogP contribution in [-0.2, 0) is 11.2 Å². The molecular weight excluding hydrogens is 333 g/mol. The van der Waals surface area contributed by atoms with E-state index in [1.54, 1.807) is 13.2 Å². The number of hydrogen-bond acceptors (Lipinski definition) is 2.